The molecule has 1 aromatic carbocycles. The molecule has 0 aliphatic carbocycles. The molecule has 3 heterocycles. The molecule has 3 saturated heterocycles. The molecule has 0 radical (unpaired) electrons. The number of carbonyl (C=O) groups is 2. The topological polar surface area (TPSA) is 87.2 Å². The van der Waals surface area contributed by atoms with E-state index in [9.17, 15) is 18.0 Å². The highest BCUT2D eigenvalue weighted by Gasteiger charge is 2.56. The summed E-state index contributed by atoms with van der Waals surface area (Å²) in [7, 11) is -2.09. The van der Waals surface area contributed by atoms with Crippen LogP contribution in [0.4, 0.5) is 4.79 Å². The van der Waals surface area contributed by atoms with Gasteiger partial charge in [-0.25, -0.2) is 13.2 Å². The third-order valence-corrected chi connectivity index (χ3v) is 8.21. The van der Waals surface area contributed by atoms with Gasteiger partial charge in [-0.15, -0.1) is 0 Å². The van der Waals surface area contributed by atoms with Crippen molar-refractivity contribution in [2.45, 2.75) is 37.1 Å². The Bertz CT molecular complexity index is 882. The van der Waals surface area contributed by atoms with E-state index in [1.807, 2.05) is 0 Å². The minimum Gasteiger partial charge on any atom is -0.497 e. The van der Waals surface area contributed by atoms with Crippen molar-refractivity contribution in [2.24, 2.45) is 5.41 Å². The van der Waals surface area contributed by atoms with Crippen molar-refractivity contribution in [2.75, 3.05) is 33.3 Å². The van der Waals surface area contributed by atoms with Gasteiger partial charge in [0.15, 0.2) is 0 Å². The first-order valence-electron chi connectivity index (χ1n) is 9.57. The molecule has 1 aromatic rings. The summed E-state index contributed by atoms with van der Waals surface area (Å²) in [5, 5.41) is 0. The second kappa shape index (κ2) is 6.73. The summed E-state index contributed by atoms with van der Waals surface area (Å²) in [5.41, 5.74) is -0.170. The number of amides is 3. The molecule has 3 aliphatic rings. The Morgan fingerprint density at radius 1 is 1.21 bits per heavy atom. The molecule has 3 fully saturated rings. The summed E-state index contributed by atoms with van der Waals surface area (Å²) in [5.74, 6) is 0.388. The number of hydrogen-bond donors (Lipinski definition) is 0. The number of carbonyl (C=O) groups excluding carboxylic acids is 2. The molecule has 3 amide bonds. The number of methoxy groups -OCH3 is 1. The Hall–Kier alpha value is -2.13. The number of rotatable bonds is 4. The first-order chi connectivity index (χ1) is 13.3. The lowest BCUT2D eigenvalue weighted by Gasteiger charge is -2.38. The smallest absolute Gasteiger partial charge is 0.327 e. The fourth-order valence-electron chi connectivity index (χ4n) is 4.67. The first kappa shape index (κ1) is 19.2. The Morgan fingerprint density at radius 3 is 2.54 bits per heavy atom. The molecule has 1 atom stereocenters. The lowest BCUT2D eigenvalue weighted by Crippen LogP contribution is -2.45. The zero-order chi connectivity index (χ0) is 20.1. The highest BCUT2D eigenvalue weighted by Crippen LogP contribution is 2.46. The molecule has 3 aliphatic heterocycles. The molecule has 28 heavy (non-hydrogen) atoms. The maximum atomic E-state index is 13.0. The van der Waals surface area contributed by atoms with E-state index in [1.54, 1.807) is 30.0 Å². The van der Waals surface area contributed by atoms with Crippen molar-refractivity contribution in [1.82, 2.24) is 14.1 Å². The molecular formula is C19H25N3O5S. The summed E-state index contributed by atoms with van der Waals surface area (Å²) >= 11 is 0. The van der Waals surface area contributed by atoms with Gasteiger partial charge in [-0.3, -0.25) is 9.69 Å². The molecule has 152 valence electrons. The summed E-state index contributed by atoms with van der Waals surface area (Å²) in [6.45, 7) is 3.51. The van der Waals surface area contributed by atoms with Gasteiger partial charge in [-0.2, -0.15) is 4.31 Å². The summed E-state index contributed by atoms with van der Waals surface area (Å²) in [4.78, 5) is 28.1. The van der Waals surface area contributed by atoms with Crippen molar-refractivity contribution < 1.29 is 22.7 Å². The molecule has 0 saturated carbocycles. The molecule has 1 spiro atoms. The van der Waals surface area contributed by atoms with E-state index in [0.29, 0.717) is 51.2 Å². The number of hydrogen-bond acceptors (Lipinski definition) is 5. The van der Waals surface area contributed by atoms with Gasteiger partial charge in [0, 0.05) is 32.2 Å². The fraction of sp³-hybridized carbons (Fsp3) is 0.579. The van der Waals surface area contributed by atoms with E-state index in [2.05, 4.69) is 0 Å². The molecule has 8 nitrogen and oxygen atoms in total. The number of imide groups is 1. The largest absolute Gasteiger partial charge is 0.497 e. The van der Waals surface area contributed by atoms with Crippen LogP contribution in [0.25, 0.3) is 0 Å². The standard InChI is InChI=1S/C19H25N3O5S/c1-3-21-17(23)16-12-19(13-22(16)18(21)24)7-9-20(10-8-19)28(25,26)15-6-4-5-14(11-15)27-2/h4-6,11,16H,3,7-10,12-13H2,1-2H3. The maximum absolute atomic E-state index is 13.0. The minimum absolute atomic E-state index is 0.115. The molecule has 0 bridgehead atoms. The van der Waals surface area contributed by atoms with Crippen LogP contribution in [0.2, 0.25) is 0 Å². The number of urea groups is 1. The van der Waals surface area contributed by atoms with Crippen LogP contribution in [0.3, 0.4) is 0 Å². The van der Waals surface area contributed by atoms with Gasteiger partial charge < -0.3 is 9.64 Å². The summed E-state index contributed by atoms with van der Waals surface area (Å²) in [6, 6.07) is 5.89. The maximum Gasteiger partial charge on any atom is 0.327 e. The van der Waals surface area contributed by atoms with E-state index in [-0.39, 0.29) is 28.3 Å². The SMILES string of the molecule is CCN1C(=O)C2CC3(CCN(S(=O)(=O)c4cccc(OC)c4)CC3)CN2C1=O. The van der Waals surface area contributed by atoms with Crippen LogP contribution in [-0.4, -0.2) is 73.8 Å². The van der Waals surface area contributed by atoms with Gasteiger partial charge in [0.05, 0.1) is 12.0 Å². The number of fused-ring (bicyclic) bond motifs is 1. The number of piperidine rings is 1. The van der Waals surface area contributed by atoms with Crippen LogP contribution in [0.5, 0.6) is 5.75 Å². The third-order valence-electron chi connectivity index (χ3n) is 6.31. The average molecular weight is 407 g/mol. The van der Waals surface area contributed by atoms with Gasteiger partial charge in [0.2, 0.25) is 10.0 Å². The molecule has 0 N–H and O–H groups in total. The Labute approximate surface area is 165 Å². The van der Waals surface area contributed by atoms with Gasteiger partial charge in [0.1, 0.15) is 11.8 Å². The predicted octanol–water partition coefficient (Wildman–Crippen LogP) is 1.52. The average Bonchev–Trinajstić information content (AvgIpc) is 3.17. The van der Waals surface area contributed by atoms with E-state index in [0.717, 1.165) is 0 Å². The van der Waals surface area contributed by atoms with Gasteiger partial charge in [-0.05, 0) is 43.7 Å². The first-order valence-corrected chi connectivity index (χ1v) is 11.0. The van der Waals surface area contributed by atoms with Crippen LogP contribution in [0.15, 0.2) is 29.2 Å². The normalized spacial score (nSPS) is 24.9. The summed E-state index contributed by atoms with van der Waals surface area (Å²) in [6.07, 6.45) is 1.92. The van der Waals surface area contributed by atoms with Gasteiger partial charge in [0.25, 0.3) is 5.91 Å². The zero-order valence-corrected chi connectivity index (χ0v) is 16.9. The monoisotopic (exact) mass is 407 g/mol. The van der Waals surface area contributed by atoms with E-state index < -0.39 is 10.0 Å². The Balaban J connectivity index is 1.47. The molecule has 4 rings (SSSR count). The highest BCUT2D eigenvalue weighted by atomic mass is 32.2. The molecule has 1 unspecified atom stereocenters. The lowest BCUT2D eigenvalue weighted by molar-refractivity contribution is -0.128. The van der Waals surface area contributed by atoms with E-state index >= 15 is 0 Å². The summed E-state index contributed by atoms with van der Waals surface area (Å²) < 4.78 is 32.6. The quantitative estimate of drug-likeness (QED) is 0.707. The fourth-order valence-corrected chi connectivity index (χ4v) is 6.15. The molecule has 0 aromatic heterocycles. The van der Waals surface area contributed by atoms with Crippen LogP contribution in [0, 0.1) is 5.41 Å². The van der Waals surface area contributed by atoms with Gasteiger partial charge in [-0.1, -0.05) is 6.07 Å². The number of nitrogens with zero attached hydrogens (tertiary/aromatic N) is 3. The number of benzene rings is 1. The predicted molar refractivity (Wildman–Crippen MR) is 101 cm³/mol. The number of likely N-dealkylation sites (N-methyl/N-ethyl adjacent to an activating group) is 1. The van der Waals surface area contributed by atoms with E-state index in [1.165, 1.54) is 22.4 Å². The lowest BCUT2D eigenvalue weighted by atomic mass is 9.77. The second-order valence-corrected chi connectivity index (χ2v) is 9.73. The number of sulfonamides is 1. The van der Waals surface area contributed by atoms with Crippen LogP contribution < -0.4 is 4.74 Å². The van der Waals surface area contributed by atoms with E-state index in [4.69, 9.17) is 4.74 Å². The minimum atomic E-state index is -3.60. The number of ether oxygens (including phenoxy) is 1. The zero-order valence-electron chi connectivity index (χ0n) is 16.1. The molecular weight excluding hydrogens is 382 g/mol. The Kier molecular flexibility index (Phi) is 4.62. The van der Waals surface area contributed by atoms with Crippen LogP contribution >= 0.6 is 0 Å². The molecule has 9 heteroatoms. The van der Waals surface area contributed by atoms with Crippen molar-refractivity contribution in [3.05, 3.63) is 24.3 Å². The van der Waals surface area contributed by atoms with Crippen molar-refractivity contribution in [1.29, 1.82) is 0 Å². The second-order valence-electron chi connectivity index (χ2n) is 7.80. The van der Waals surface area contributed by atoms with Crippen molar-refractivity contribution in [3.63, 3.8) is 0 Å². The van der Waals surface area contributed by atoms with Crippen molar-refractivity contribution in [3.8, 4) is 5.75 Å². The van der Waals surface area contributed by atoms with Crippen molar-refractivity contribution >= 4 is 22.0 Å². The van der Waals surface area contributed by atoms with Gasteiger partial charge >= 0.3 is 6.03 Å². The van der Waals surface area contributed by atoms with Crippen LogP contribution in [0.1, 0.15) is 26.2 Å². The highest BCUT2D eigenvalue weighted by molar-refractivity contribution is 7.89. The Morgan fingerprint density at radius 2 is 1.93 bits per heavy atom. The van der Waals surface area contributed by atoms with Crippen LogP contribution in [-0.2, 0) is 14.8 Å². The third kappa shape index (κ3) is 2.88.